The summed E-state index contributed by atoms with van der Waals surface area (Å²) < 4.78 is 84.7. The van der Waals surface area contributed by atoms with Gasteiger partial charge in [0.15, 0.2) is 5.92 Å². The van der Waals surface area contributed by atoms with Crippen molar-refractivity contribution in [3.63, 3.8) is 0 Å². The summed E-state index contributed by atoms with van der Waals surface area (Å²) in [5, 5.41) is 9.51. The maximum Gasteiger partial charge on any atom is 0.404 e. The highest BCUT2D eigenvalue weighted by molar-refractivity contribution is 6.05. The number of methoxy groups -OCH3 is 1. The van der Waals surface area contributed by atoms with Crippen LogP contribution >= 0.6 is 0 Å². The Bertz CT molecular complexity index is 832. The van der Waals surface area contributed by atoms with Gasteiger partial charge in [-0.05, 0) is 35.6 Å². The van der Waals surface area contributed by atoms with Crippen LogP contribution in [0.4, 0.5) is 32.0 Å². The van der Waals surface area contributed by atoms with Crippen LogP contribution in [0.3, 0.4) is 0 Å². The second kappa shape index (κ2) is 8.57. The predicted octanol–water partition coefficient (Wildman–Crippen LogP) is 4.88. The quantitative estimate of drug-likeness (QED) is 0.666. The largest absolute Gasteiger partial charge is 0.482 e. The lowest BCUT2D eigenvalue weighted by molar-refractivity contribution is -0.253. The molecule has 0 aromatic heterocycles. The number of anilines is 1. The molecule has 0 saturated heterocycles. The van der Waals surface area contributed by atoms with Gasteiger partial charge in [-0.1, -0.05) is 19.9 Å². The van der Waals surface area contributed by atoms with Gasteiger partial charge in [-0.2, -0.15) is 26.3 Å². The lowest BCUT2D eigenvalue weighted by atomic mass is 9.88. The van der Waals surface area contributed by atoms with Crippen molar-refractivity contribution >= 4 is 17.6 Å². The topological polar surface area (TPSA) is 62.1 Å². The van der Waals surface area contributed by atoms with Crippen LogP contribution in [-0.4, -0.2) is 42.5 Å². The molecule has 1 N–H and O–H groups in total. The van der Waals surface area contributed by atoms with Crippen molar-refractivity contribution in [2.75, 3.05) is 12.0 Å². The zero-order chi connectivity index (χ0) is 22.9. The van der Waals surface area contributed by atoms with Crippen LogP contribution < -0.4 is 4.90 Å². The number of aliphatic carboxylic acids is 1. The first-order valence-electron chi connectivity index (χ1n) is 8.83. The summed E-state index contributed by atoms with van der Waals surface area (Å²) >= 11 is 0. The molecular weight excluding hydrogens is 418 g/mol. The summed E-state index contributed by atoms with van der Waals surface area (Å²) in [7, 11) is 1.21. The third-order valence-electron chi connectivity index (χ3n) is 4.40. The number of carbonyl (C=O) groups is 1. The van der Waals surface area contributed by atoms with Crippen LogP contribution in [0.15, 0.2) is 35.6 Å². The molecule has 1 unspecified atom stereocenters. The van der Waals surface area contributed by atoms with E-state index in [2.05, 4.69) is 4.99 Å². The molecule has 166 valence electrons. The van der Waals surface area contributed by atoms with Gasteiger partial charge in [0.2, 0.25) is 11.9 Å². The van der Waals surface area contributed by atoms with Crippen LogP contribution in [0.5, 0.6) is 0 Å². The van der Waals surface area contributed by atoms with Crippen molar-refractivity contribution < 1.29 is 41.0 Å². The van der Waals surface area contributed by atoms with Gasteiger partial charge < -0.3 is 14.7 Å². The average Bonchev–Trinajstić information content (AvgIpc) is 2.59. The Balaban J connectivity index is 2.62. The summed E-state index contributed by atoms with van der Waals surface area (Å²) in [6.07, 6.45) is -8.64. The van der Waals surface area contributed by atoms with Crippen LogP contribution in [0.1, 0.15) is 30.9 Å². The van der Waals surface area contributed by atoms with E-state index in [4.69, 9.17) is 4.74 Å². The number of hydrogen-bond acceptors (Lipinski definition) is 4. The van der Waals surface area contributed by atoms with Gasteiger partial charge >= 0.3 is 18.3 Å². The molecule has 0 radical (unpaired) electrons. The Labute approximate surface area is 168 Å². The normalized spacial score (nSPS) is 17.5. The fourth-order valence-electron chi connectivity index (χ4n) is 3.27. The molecule has 0 bridgehead atoms. The highest BCUT2D eigenvalue weighted by Crippen LogP contribution is 2.48. The van der Waals surface area contributed by atoms with E-state index in [0.717, 1.165) is 23.1 Å². The molecule has 5 nitrogen and oxygen atoms in total. The standard InChI is InChI=1S/C19H20F6N2O3/c1-10(2)8-11-9-12(27-7-6-26-16(30-3)14(27)17(28)29)4-5-13(11)15(18(20,21)22)19(23,24)25/h4-7,9-10,14-15H,8H2,1-3H3,(H,28,29). The molecule has 2 rings (SSSR count). The maximum atomic E-state index is 13.3. The predicted molar refractivity (Wildman–Crippen MR) is 97.3 cm³/mol. The first kappa shape index (κ1) is 23.6. The number of rotatable bonds is 5. The number of carboxylic acids is 1. The van der Waals surface area contributed by atoms with Crippen LogP contribution in [-0.2, 0) is 16.0 Å². The molecule has 1 atom stereocenters. The summed E-state index contributed by atoms with van der Waals surface area (Å²) in [5.74, 6) is -5.42. The molecule has 11 heteroatoms. The molecule has 1 aliphatic heterocycles. The minimum Gasteiger partial charge on any atom is -0.482 e. The number of carboxylic acid groups (broad SMARTS) is 1. The Morgan fingerprint density at radius 3 is 2.27 bits per heavy atom. The van der Waals surface area contributed by atoms with Gasteiger partial charge in [-0.3, -0.25) is 0 Å². The molecule has 1 aromatic rings. The lowest BCUT2D eigenvalue weighted by Crippen LogP contribution is -2.46. The third-order valence-corrected chi connectivity index (χ3v) is 4.40. The Morgan fingerprint density at radius 1 is 1.20 bits per heavy atom. The second-order valence-electron chi connectivity index (χ2n) is 7.11. The van der Waals surface area contributed by atoms with Crippen molar-refractivity contribution in [3.8, 4) is 0 Å². The Morgan fingerprint density at radius 2 is 1.80 bits per heavy atom. The van der Waals surface area contributed by atoms with Crippen LogP contribution in [0.2, 0.25) is 0 Å². The molecule has 30 heavy (non-hydrogen) atoms. The van der Waals surface area contributed by atoms with Crippen molar-refractivity contribution in [1.82, 2.24) is 0 Å². The highest BCUT2D eigenvalue weighted by Gasteiger charge is 2.58. The minimum absolute atomic E-state index is 0.0631. The molecule has 0 aliphatic carbocycles. The van der Waals surface area contributed by atoms with Gasteiger partial charge in [0.1, 0.15) is 0 Å². The SMILES string of the molecule is COC1=NC=CN(c2ccc(C(C(F)(F)F)C(F)(F)F)c(CC(C)C)c2)C1C(=O)O. The molecule has 0 saturated carbocycles. The van der Waals surface area contributed by atoms with Gasteiger partial charge in [0, 0.05) is 18.1 Å². The first-order valence-corrected chi connectivity index (χ1v) is 8.83. The van der Waals surface area contributed by atoms with E-state index in [1.54, 1.807) is 13.8 Å². The Kier molecular flexibility index (Phi) is 6.73. The lowest BCUT2D eigenvalue weighted by Gasteiger charge is -2.31. The van der Waals surface area contributed by atoms with Crippen molar-refractivity contribution in [2.45, 2.75) is 44.6 Å². The third kappa shape index (κ3) is 5.06. The molecular formula is C19H20F6N2O3. The smallest absolute Gasteiger partial charge is 0.404 e. The fraction of sp³-hybridized carbons (Fsp3) is 0.474. The van der Waals surface area contributed by atoms with Crippen molar-refractivity contribution in [1.29, 1.82) is 0 Å². The van der Waals surface area contributed by atoms with E-state index in [9.17, 15) is 36.2 Å². The van der Waals surface area contributed by atoms with Gasteiger partial charge in [0.25, 0.3) is 0 Å². The minimum atomic E-state index is -5.53. The Hall–Kier alpha value is -2.72. The molecule has 1 aliphatic rings. The van der Waals surface area contributed by atoms with Crippen molar-refractivity contribution in [3.05, 3.63) is 41.7 Å². The number of benzene rings is 1. The molecule has 1 aromatic carbocycles. The highest BCUT2D eigenvalue weighted by atomic mass is 19.4. The van der Waals surface area contributed by atoms with Crippen LogP contribution in [0.25, 0.3) is 0 Å². The maximum absolute atomic E-state index is 13.3. The summed E-state index contributed by atoms with van der Waals surface area (Å²) in [5.41, 5.74) is -0.965. The summed E-state index contributed by atoms with van der Waals surface area (Å²) in [6.45, 7) is 3.31. The number of nitrogens with zero attached hydrogens (tertiary/aromatic N) is 2. The van der Waals surface area contributed by atoms with E-state index in [1.807, 2.05) is 0 Å². The fourth-order valence-corrected chi connectivity index (χ4v) is 3.27. The van der Waals surface area contributed by atoms with E-state index >= 15 is 0 Å². The number of hydrogen-bond donors (Lipinski definition) is 1. The molecule has 0 fully saturated rings. The number of alkyl halides is 6. The van der Waals surface area contributed by atoms with E-state index < -0.39 is 35.8 Å². The first-order chi connectivity index (χ1) is 13.8. The van der Waals surface area contributed by atoms with Gasteiger partial charge in [-0.15, -0.1) is 0 Å². The molecule has 1 heterocycles. The van der Waals surface area contributed by atoms with E-state index in [-0.39, 0.29) is 29.5 Å². The second-order valence-corrected chi connectivity index (χ2v) is 7.11. The zero-order valence-corrected chi connectivity index (χ0v) is 16.3. The number of ether oxygens (including phenoxy) is 1. The average molecular weight is 438 g/mol. The molecule has 0 spiro atoms. The van der Waals surface area contributed by atoms with Crippen molar-refractivity contribution in [2.24, 2.45) is 10.9 Å². The van der Waals surface area contributed by atoms with E-state index in [0.29, 0.717) is 0 Å². The monoisotopic (exact) mass is 438 g/mol. The van der Waals surface area contributed by atoms with E-state index in [1.165, 1.54) is 19.5 Å². The number of aliphatic imine (C=N–C) groups is 1. The summed E-state index contributed by atoms with van der Waals surface area (Å²) in [4.78, 5) is 16.6. The molecule has 0 amide bonds. The number of halogens is 6. The van der Waals surface area contributed by atoms with Gasteiger partial charge in [0.05, 0.1) is 7.11 Å². The summed E-state index contributed by atoms with van der Waals surface area (Å²) in [6, 6.07) is 1.52. The van der Waals surface area contributed by atoms with Crippen LogP contribution in [0, 0.1) is 5.92 Å². The van der Waals surface area contributed by atoms with Gasteiger partial charge in [-0.25, -0.2) is 9.79 Å². The zero-order valence-electron chi connectivity index (χ0n) is 16.3.